The van der Waals surface area contributed by atoms with Gasteiger partial charge in [0.2, 0.25) is 0 Å². The summed E-state index contributed by atoms with van der Waals surface area (Å²) in [7, 11) is 0. The number of ether oxygens (including phenoxy) is 1. The maximum atomic E-state index is 11.9. The van der Waals surface area contributed by atoms with Crippen molar-refractivity contribution in [1.29, 1.82) is 0 Å². The number of furan rings is 1. The molecule has 1 amide bonds. The number of nitrogens with one attached hydrogen (secondary N) is 1. The monoisotopic (exact) mass is 421 g/mol. The van der Waals surface area contributed by atoms with Crippen molar-refractivity contribution in [2.75, 3.05) is 6.61 Å². The first kappa shape index (κ1) is 21.8. The van der Waals surface area contributed by atoms with Gasteiger partial charge in [-0.2, -0.15) is 5.10 Å². The van der Waals surface area contributed by atoms with Gasteiger partial charge in [0.15, 0.2) is 6.61 Å². The van der Waals surface area contributed by atoms with E-state index in [1.807, 2.05) is 24.3 Å². The van der Waals surface area contributed by atoms with Crippen LogP contribution in [0.3, 0.4) is 0 Å². The summed E-state index contributed by atoms with van der Waals surface area (Å²) in [5, 5.41) is 14.7. The molecule has 0 aliphatic carbocycles. The minimum atomic E-state index is -0.466. The molecule has 31 heavy (non-hydrogen) atoms. The van der Waals surface area contributed by atoms with E-state index in [9.17, 15) is 14.9 Å². The molecule has 0 aliphatic rings. The second kappa shape index (κ2) is 10.2. The Morgan fingerprint density at radius 3 is 2.71 bits per heavy atom. The molecule has 0 bridgehead atoms. The molecule has 0 spiro atoms. The van der Waals surface area contributed by atoms with Crippen molar-refractivity contribution in [3.05, 3.63) is 82.1 Å². The van der Waals surface area contributed by atoms with Gasteiger partial charge in [0.25, 0.3) is 11.6 Å². The molecular weight excluding hydrogens is 398 g/mol. The molecule has 0 aliphatic heterocycles. The van der Waals surface area contributed by atoms with Crippen molar-refractivity contribution in [2.24, 2.45) is 5.10 Å². The number of nitro benzene ring substituents is 1. The maximum Gasteiger partial charge on any atom is 0.277 e. The summed E-state index contributed by atoms with van der Waals surface area (Å²) < 4.78 is 11.1. The van der Waals surface area contributed by atoms with Crippen LogP contribution in [0.25, 0.3) is 11.3 Å². The fraction of sp³-hybridized carbons (Fsp3) is 0.217. The molecule has 2 aromatic carbocycles. The van der Waals surface area contributed by atoms with Crippen LogP contribution in [0.1, 0.15) is 37.5 Å². The highest BCUT2D eigenvalue weighted by Crippen LogP contribution is 2.25. The molecule has 160 valence electrons. The van der Waals surface area contributed by atoms with E-state index in [-0.39, 0.29) is 12.3 Å². The summed E-state index contributed by atoms with van der Waals surface area (Å²) in [6, 6.07) is 17.1. The first-order chi connectivity index (χ1) is 15.0. The molecule has 0 radical (unpaired) electrons. The van der Waals surface area contributed by atoms with Crippen molar-refractivity contribution in [1.82, 2.24) is 5.43 Å². The predicted molar refractivity (Wildman–Crippen MR) is 117 cm³/mol. The molecule has 1 N–H and O–H groups in total. The fourth-order valence-corrected chi connectivity index (χ4v) is 2.83. The van der Waals surface area contributed by atoms with E-state index in [4.69, 9.17) is 9.15 Å². The lowest BCUT2D eigenvalue weighted by molar-refractivity contribution is -0.384. The summed E-state index contributed by atoms with van der Waals surface area (Å²) >= 11 is 0. The van der Waals surface area contributed by atoms with E-state index in [0.29, 0.717) is 28.8 Å². The van der Waals surface area contributed by atoms with Gasteiger partial charge >= 0.3 is 0 Å². The predicted octanol–water partition coefficient (Wildman–Crippen LogP) is 4.90. The molecule has 8 heteroatoms. The second-order valence-electron chi connectivity index (χ2n) is 6.97. The zero-order valence-electron chi connectivity index (χ0n) is 17.3. The number of carbonyl (C=O) groups is 1. The van der Waals surface area contributed by atoms with Crippen LogP contribution in [-0.2, 0) is 4.79 Å². The van der Waals surface area contributed by atoms with E-state index in [2.05, 4.69) is 24.4 Å². The molecular formula is C23H23N3O5. The van der Waals surface area contributed by atoms with Crippen LogP contribution < -0.4 is 10.2 Å². The largest absolute Gasteiger partial charge is 0.484 e. The molecule has 1 heterocycles. The Bertz CT molecular complexity index is 1070. The van der Waals surface area contributed by atoms with E-state index >= 15 is 0 Å². The van der Waals surface area contributed by atoms with Crippen molar-refractivity contribution < 1.29 is 18.9 Å². The summed E-state index contributed by atoms with van der Waals surface area (Å²) in [6.07, 6.45) is 2.41. The Morgan fingerprint density at radius 1 is 1.23 bits per heavy atom. The molecule has 1 aromatic heterocycles. The van der Waals surface area contributed by atoms with Crippen LogP contribution >= 0.6 is 0 Å². The molecule has 8 nitrogen and oxygen atoms in total. The van der Waals surface area contributed by atoms with Gasteiger partial charge in [0.1, 0.15) is 17.3 Å². The Labute approximate surface area is 179 Å². The molecule has 0 unspecified atom stereocenters. The Kier molecular flexibility index (Phi) is 7.16. The zero-order valence-corrected chi connectivity index (χ0v) is 17.3. The van der Waals surface area contributed by atoms with Gasteiger partial charge in [-0.3, -0.25) is 14.9 Å². The number of amides is 1. The fourth-order valence-electron chi connectivity index (χ4n) is 2.83. The quantitative estimate of drug-likeness (QED) is 0.300. The number of benzene rings is 2. The summed E-state index contributed by atoms with van der Waals surface area (Å²) in [6.45, 7) is 4.13. The standard InChI is InChI=1S/C23H23N3O5/c1-3-16(2)17-7-9-20(10-8-17)30-15-23(27)25-24-14-21-11-12-22(31-21)18-5-4-6-19(13-18)26(28)29/h4-14,16H,3,15H2,1-2H3,(H,25,27)/b24-14+/t16-/m0/s1. The van der Waals surface area contributed by atoms with E-state index < -0.39 is 10.8 Å². The van der Waals surface area contributed by atoms with Crippen LogP contribution in [0.5, 0.6) is 5.75 Å². The lowest BCUT2D eigenvalue weighted by Gasteiger charge is -2.10. The lowest BCUT2D eigenvalue weighted by Crippen LogP contribution is -2.24. The van der Waals surface area contributed by atoms with Gasteiger partial charge in [-0.1, -0.05) is 38.1 Å². The molecule has 3 aromatic rings. The van der Waals surface area contributed by atoms with Gasteiger partial charge in [-0.25, -0.2) is 5.43 Å². The molecule has 0 fully saturated rings. The van der Waals surface area contributed by atoms with Gasteiger partial charge in [-0.15, -0.1) is 0 Å². The average molecular weight is 421 g/mol. The molecule has 3 rings (SSSR count). The average Bonchev–Trinajstić information content (AvgIpc) is 3.26. The van der Waals surface area contributed by atoms with Crippen molar-refractivity contribution in [3.63, 3.8) is 0 Å². The number of carbonyl (C=O) groups excluding carboxylic acids is 1. The summed E-state index contributed by atoms with van der Waals surface area (Å²) in [5.74, 6) is 1.53. The third kappa shape index (κ3) is 6.02. The van der Waals surface area contributed by atoms with Gasteiger partial charge in [-0.05, 0) is 42.2 Å². The SMILES string of the molecule is CC[C@H](C)c1ccc(OCC(=O)N/N=C/c2ccc(-c3cccc([N+](=O)[O-])c3)o2)cc1. The zero-order chi connectivity index (χ0) is 22.2. The maximum absolute atomic E-state index is 11.9. The molecule has 1 atom stereocenters. The Balaban J connectivity index is 1.50. The third-order valence-electron chi connectivity index (χ3n) is 4.78. The molecule has 0 saturated carbocycles. The second-order valence-corrected chi connectivity index (χ2v) is 6.97. The minimum Gasteiger partial charge on any atom is -0.484 e. The summed E-state index contributed by atoms with van der Waals surface area (Å²) in [4.78, 5) is 22.3. The number of nitro groups is 1. The van der Waals surface area contributed by atoms with E-state index in [1.54, 1.807) is 24.3 Å². The number of hydrazone groups is 1. The number of non-ortho nitro benzene ring substituents is 1. The Morgan fingerprint density at radius 2 is 2.00 bits per heavy atom. The first-order valence-corrected chi connectivity index (χ1v) is 9.85. The van der Waals surface area contributed by atoms with Crippen LogP contribution in [-0.4, -0.2) is 23.7 Å². The van der Waals surface area contributed by atoms with Crippen molar-refractivity contribution in [3.8, 4) is 17.1 Å². The smallest absolute Gasteiger partial charge is 0.277 e. The van der Waals surface area contributed by atoms with Gasteiger partial charge in [0, 0.05) is 17.7 Å². The van der Waals surface area contributed by atoms with Crippen molar-refractivity contribution in [2.45, 2.75) is 26.2 Å². The normalized spacial score (nSPS) is 11.9. The molecule has 0 saturated heterocycles. The number of hydrogen-bond acceptors (Lipinski definition) is 6. The van der Waals surface area contributed by atoms with E-state index in [1.165, 1.54) is 23.9 Å². The van der Waals surface area contributed by atoms with Crippen LogP contribution in [0.4, 0.5) is 5.69 Å². The number of hydrogen-bond donors (Lipinski definition) is 1. The van der Waals surface area contributed by atoms with Gasteiger partial charge in [0.05, 0.1) is 11.1 Å². The van der Waals surface area contributed by atoms with E-state index in [0.717, 1.165) is 6.42 Å². The Hall–Kier alpha value is -3.94. The van der Waals surface area contributed by atoms with Crippen LogP contribution in [0.2, 0.25) is 0 Å². The highest BCUT2D eigenvalue weighted by Gasteiger charge is 2.10. The first-order valence-electron chi connectivity index (χ1n) is 9.85. The summed E-state index contributed by atoms with van der Waals surface area (Å²) in [5.41, 5.74) is 4.15. The highest BCUT2D eigenvalue weighted by atomic mass is 16.6. The topological polar surface area (TPSA) is 107 Å². The van der Waals surface area contributed by atoms with Gasteiger partial charge < -0.3 is 9.15 Å². The van der Waals surface area contributed by atoms with Crippen molar-refractivity contribution >= 4 is 17.8 Å². The number of nitrogens with zero attached hydrogens (tertiary/aromatic N) is 2. The number of rotatable bonds is 9. The minimum absolute atomic E-state index is 0.0223. The van der Waals surface area contributed by atoms with Crippen LogP contribution in [0, 0.1) is 10.1 Å². The third-order valence-corrected chi connectivity index (χ3v) is 4.78. The van der Waals surface area contributed by atoms with Crippen LogP contribution in [0.15, 0.2) is 70.2 Å². The highest BCUT2D eigenvalue weighted by molar-refractivity contribution is 5.81. The lowest BCUT2D eigenvalue weighted by atomic mass is 9.99.